The second kappa shape index (κ2) is 4.56. The molecule has 5 nitrogen and oxygen atoms in total. The van der Waals surface area contributed by atoms with Gasteiger partial charge < -0.3 is 25.2 Å². The van der Waals surface area contributed by atoms with Crippen molar-refractivity contribution in [3.8, 4) is 0 Å². The van der Waals surface area contributed by atoms with Crippen LogP contribution in [0.2, 0.25) is 0 Å². The Kier molecular flexibility index (Phi) is 3.65. The quantitative estimate of drug-likeness (QED) is 0.439. The molecule has 4 N–H and O–H groups in total. The summed E-state index contributed by atoms with van der Waals surface area (Å²) < 4.78 is 5.05. The molecule has 4 atom stereocenters. The maximum absolute atomic E-state index is 9.42. The number of hydrogen-bond acceptors (Lipinski definition) is 5. The summed E-state index contributed by atoms with van der Waals surface area (Å²) in [6.45, 7) is 2.98. The normalized spacial score (nSPS) is 40.7. The molecule has 0 spiro atoms. The number of ether oxygens (including phenoxy) is 1. The molecule has 1 aliphatic heterocycles. The Bertz CT molecular complexity index is 235. The minimum Gasteiger partial charge on any atom is -0.487 e. The minimum absolute atomic E-state index is 0.0943. The number of rotatable bonds is 2. The van der Waals surface area contributed by atoms with E-state index in [4.69, 9.17) is 9.84 Å². The topological polar surface area (TPSA) is 90.2 Å². The molecular weight excluding hydrogens is 188 g/mol. The van der Waals surface area contributed by atoms with Crippen LogP contribution >= 0.6 is 0 Å². The molecule has 1 fully saturated rings. The van der Waals surface area contributed by atoms with E-state index in [1.165, 1.54) is 12.2 Å². The van der Waals surface area contributed by atoms with Crippen molar-refractivity contribution in [1.82, 2.24) is 0 Å². The first-order valence-electron chi connectivity index (χ1n) is 4.26. The third kappa shape index (κ3) is 1.96. The lowest BCUT2D eigenvalue weighted by Gasteiger charge is -2.36. The Balaban J connectivity index is 2.83. The zero-order valence-electron chi connectivity index (χ0n) is 7.58. The first-order chi connectivity index (χ1) is 6.61. The second-order valence-electron chi connectivity index (χ2n) is 3.07. The van der Waals surface area contributed by atoms with Crippen LogP contribution in [0, 0.1) is 0 Å². The number of aliphatic hydroxyl groups is 4. The van der Waals surface area contributed by atoms with Crippen molar-refractivity contribution < 1.29 is 25.2 Å². The van der Waals surface area contributed by atoms with Gasteiger partial charge in [-0.05, 0) is 6.08 Å². The molecule has 5 heteroatoms. The molecule has 0 aliphatic carbocycles. The van der Waals surface area contributed by atoms with E-state index in [0.29, 0.717) is 0 Å². The van der Waals surface area contributed by atoms with Gasteiger partial charge in [0, 0.05) is 0 Å². The van der Waals surface area contributed by atoms with Gasteiger partial charge in [-0.2, -0.15) is 0 Å². The smallest absolute Gasteiger partial charge is 0.150 e. The van der Waals surface area contributed by atoms with Crippen LogP contribution < -0.4 is 0 Å². The van der Waals surface area contributed by atoms with Crippen LogP contribution in [-0.2, 0) is 4.74 Å². The fraction of sp³-hybridized carbons (Fsp3) is 0.556. The maximum atomic E-state index is 9.42. The van der Waals surface area contributed by atoms with Crippen molar-refractivity contribution >= 4 is 0 Å². The molecule has 0 radical (unpaired) electrons. The molecule has 0 bridgehead atoms. The van der Waals surface area contributed by atoms with Gasteiger partial charge in [-0.15, -0.1) is 0 Å². The first kappa shape index (κ1) is 11.2. The van der Waals surface area contributed by atoms with Gasteiger partial charge >= 0.3 is 0 Å². The molecule has 0 amide bonds. The Morgan fingerprint density at radius 2 is 1.93 bits per heavy atom. The highest BCUT2D eigenvalue weighted by atomic mass is 16.5. The van der Waals surface area contributed by atoms with E-state index in [1.807, 2.05) is 0 Å². The summed E-state index contributed by atoms with van der Waals surface area (Å²) in [5.41, 5.74) is 0. The zero-order valence-corrected chi connectivity index (χ0v) is 7.58. The van der Waals surface area contributed by atoms with Crippen molar-refractivity contribution in [3.63, 3.8) is 0 Å². The van der Waals surface area contributed by atoms with Crippen molar-refractivity contribution in [2.24, 2.45) is 0 Å². The highest BCUT2D eigenvalue weighted by Crippen LogP contribution is 2.23. The minimum atomic E-state index is -1.35. The van der Waals surface area contributed by atoms with Gasteiger partial charge in [-0.25, -0.2) is 0 Å². The standard InChI is InChI=1S/C9H14O5/c1-2-3-5-7(11)9(13)8(12)6(4-10)14-5/h2-3,6-13H,1,4H2/b5-3-/t6-,7+,8-,9-/m1/s1. The van der Waals surface area contributed by atoms with Crippen LogP contribution in [0.5, 0.6) is 0 Å². The summed E-state index contributed by atoms with van der Waals surface area (Å²) in [5, 5.41) is 37.0. The third-order valence-electron chi connectivity index (χ3n) is 2.10. The Morgan fingerprint density at radius 1 is 1.29 bits per heavy atom. The predicted molar refractivity (Wildman–Crippen MR) is 48.3 cm³/mol. The van der Waals surface area contributed by atoms with Crippen molar-refractivity contribution in [3.05, 3.63) is 24.5 Å². The summed E-state index contributed by atoms with van der Waals surface area (Å²) in [4.78, 5) is 0. The fourth-order valence-corrected chi connectivity index (χ4v) is 1.29. The molecule has 0 aromatic carbocycles. The van der Waals surface area contributed by atoms with Gasteiger partial charge in [0.25, 0.3) is 0 Å². The van der Waals surface area contributed by atoms with Gasteiger partial charge in [0.05, 0.1) is 6.61 Å². The van der Waals surface area contributed by atoms with Gasteiger partial charge in [0.15, 0.2) is 0 Å². The Morgan fingerprint density at radius 3 is 2.43 bits per heavy atom. The molecule has 0 aromatic rings. The lowest BCUT2D eigenvalue weighted by Crippen LogP contribution is -2.52. The maximum Gasteiger partial charge on any atom is 0.150 e. The second-order valence-corrected chi connectivity index (χ2v) is 3.07. The Labute approximate surface area is 81.6 Å². The van der Waals surface area contributed by atoms with E-state index < -0.39 is 31.0 Å². The van der Waals surface area contributed by atoms with Crippen LogP contribution in [0.15, 0.2) is 24.5 Å². The van der Waals surface area contributed by atoms with Crippen LogP contribution in [0.25, 0.3) is 0 Å². The summed E-state index contributed by atoms with van der Waals surface area (Å²) in [5.74, 6) is 0.0943. The van der Waals surface area contributed by atoms with E-state index in [2.05, 4.69) is 6.58 Å². The van der Waals surface area contributed by atoms with Crippen LogP contribution in [-0.4, -0.2) is 51.4 Å². The molecule has 1 saturated heterocycles. The molecule has 1 heterocycles. The summed E-state index contributed by atoms with van der Waals surface area (Å²) in [7, 11) is 0. The molecule has 0 unspecified atom stereocenters. The van der Waals surface area contributed by atoms with Gasteiger partial charge in [0.1, 0.15) is 30.2 Å². The van der Waals surface area contributed by atoms with Crippen molar-refractivity contribution in [2.75, 3.05) is 6.61 Å². The van der Waals surface area contributed by atoms with Crippen molar-refractivity contribution in [2.45, 2.75) is 24.4 Å². The highest BCUT2D eigenvalue weighted by molar-refractivity contribution is 5.14. The fourth-order valence-electron chi connectivity index (χ4n) is 1.29. The van der Waals surface area contributed by atoms with E-state index >= 15 is 0 Å². The molecule has 14 heavy (non-hydrogen) atoms. The first-order valence-corrected chi connectivity index (χ1v) is 4.26. The van der Waals surface area contributed by atoms with Gasteiger partial charge in [0.2, 0.25) is 0 Å². The van der Waals surface area contributed by atoms with Gasteiger partial charge in [-0.1, -0.05) is 12.7 Å². The van der Waals surface area contributed by atoms with Crippen molar-refractivity contribution in [1.29, 1.82) is 0 Å². The summed E-state index contributed by atoms with van der Waals surface area (Å²) in [6.07, 6.45) is -2.09. The van der Waals surface area contributed by atoms with E-state index in [1.54, 1.807) is 0 Å². The Hall–Kier alpha value is -0.880. The summed E-state index contributed by atoms with van der Waals surface area (Å²) >= 11 is 0. The third-order valence-corrected chi connectivity index (χ3v) is 2.10. The molecule has 1 aliphatic rings. The lowest BCUT2D eigenvalue weighted by atomic mass is 9.98. The molecule has 0 aromatic heterocycles. The largest absolute Gasteiger partial charge is 0.487 e. The molecule has 0 saturated carbocycles. The van der Waals surface area contributed by atoms with Crippen LogP contribution in [0.3, 0.4) is 0 Å². The van der Waals surface area contributed by atoms with E-state index in [0.717, 1.165) is 0 Å². The van der Waals surface area contributed by atoms with Crippen LogP contribution in [0.4, 0.5) is 0 Å². The lowest BCUT2D eigenvalue weighted by molar-refractivity contribution is -0.164. The molecule has 80 valence electrons. The van der Waals surface area contributed by atoms with E-state index in [9.17, 15) is 15.3 Å². The molecular formula is C9H14O5. The average molecular weight is 202 g/mol. The number of hydrogen-bond donors (Lipinski definition) is 4. The monoisotopic (exact) mass is 202 g/mol. The van der Waals surface area contributed by atoms with Crippen LogP contribution in [0.1, 0.15) is 0 Å². The highest BCUT2D eigenvalue weighted by Gasteiger charge is 2.40. The predicted octanol–water partition coefficient (Wildman–Crippen LogP) is -1.47. The summed E-state index contributed by atoms with van der Waals surface area (Å²) in [6, 6.07) is 0. The zero-order chi connectivity index (χ0) is 10.7. The van der Waals surface area contributed by atoms with E-state index in [-0.39, 0.29) is 5.76 Å². The molecule has 1 rings (SSSR count). The average Bonchev–Trinajstić information content (AvgIpc) is 2.19. The SMILES string of the molecule is C=C/C=C1\O[C@H](CO)[C@@H](O)[C@H](O)[C@H]1O. The van der Waals surface area contributed by atoms with Gasteiger partial charge in [-0.3, -0.25) is 0 Å². The number of aliphatic hydroxyl groups excluding tert-OH is 4. The number of allylic oxidation sites excluding steroid dienone is 2.